The molecule has 92 valence electrons. The average molecular weight is 233 g/mol. The van der Waals surface area contributed by atoms with Gasteiger partial charge in [0.15, 0.2) is 0 Å². The van der Waals surface area contributed by atoms with E-state index in [2.05, 4.69) is 15.3 Å². The number of aromatic nitrogens is 2. The second-order valence-electron chi connectivity index (χ2n) is 5.35. The first-order valence-corrected chi connectivity index (χ1v) is 6.52. The molecule has 0 saturated heterocycles. The van der Waals surface area contributed by atoms with Gasteiger partial charge in [0.25, 0.3) is 5.56 Å². The topological polar surface area (TPSA) is 57.8 Å². The molecule has 0 aromatic carbocycles. The predicted octanol–water partition coefficient (Wildman–Crippen LogP) is 1.39. The molecule has 0 radical (unpaired) electrons. The summed E-state index contributed by atoms with van der Waals surface area (Å²) in [6.45, 7) is 0.583. The molecule has 0 amide bonds. The summed E-state index contributed by atoms with van der Waals surface area (Å²) in [5.41, 5.74) is 0.747. The normalized spacial score (nSPS) is 19.9. The van der Waals surface area contributed by atoms with E-state index in [0.717, 1.165) is 23.2 Å². The molecule has 2 N–H and O–H groups in total. The van der Waals surface area contributed by atoms with Gasteiger partial charge in [0.1, 0.15) is 5.82 Å². The molecule has 2 aliphatic rings. The molecule has 2 fully saturated rings. The number of rotatable bonds is 5. The highest BCUT2D eigenvalue weighted by molar-refractivity contribution is 5.13. The van der Waals surface area contributed by atoms with Crippen molar-refractivity contribution < 1.29 is 0 Å². The predicted molar refractivity (Wildman–Crippen MR) is 65.8 cm³/mol. The van der Waals surface area contributed by atoms with E-state index in [9.17, 15) is 4.79 Å². The zero-order valence-corrected chi connectivity index (χ0v) is 10.2. The van der Waals surface area contributed by atoms with Crippen LogP contribution in [0.5, 0.6) is 0 Å². The number of hydrogen-bond acceptors (Lipinski definition) is 3. The largest absolute Gasteiger partial charge is 0.315 e. The summed E-state index contributed by atoms with van der Waals surface area (Å²) < 4.78 is 0. The van der Waals surface area contributed by atoms with Crippen LogP contribution in [0.2, 0.25) is 0 Å². The zero-order valence-electron chi connectivity index (χ0n) is 10.2. The first kappa shape index (κ1) is 11.0. The van der Waals surface area contributed by atoms with Crippen LogP contribution in [0.1, 0.15) is 43.0 Å². The zero-order chi connectivity index (χ0) is 11.8. The third kappa shape index (κ3) is 2.27. The van der Waals surface area contributed by atoms with Crippen LogP contribution >= 0.6 is 0 Å². The van der Waals surface area contributed by atoms with E-state index >= 15 is 0 Å². The molecule has 4 heteroatoms. The van der Waals surface area contributed by atoms with Crippen LogP contribution in [-0.2, 0) is 6.54 Å². The smallest absolute Gasteiger partial charge is 0.255 e. The van der Waals surface area contributed by atoms with Crippen LogP contribution in [-0.4, -0.2) is 17.0 Å². The molecular weight excluding hydrogens is 214 g/mol. The number of aromatic amines is 1. The molecule has 0 spiro atoms. The summed E-state index contributed by atoms with van der Waals surface area (Å²) in [6, 6.07) is 0. The number of hydrogen-bond donors (Lipinski definition) is 2. The Morgan fingerprint density at radius 3 is 2.53 bits per heavy atom. The van der Waals surface area contributed by atoms with E-state index < -0.39 is 0 Å². The maximum Gasteiger partial charge on any atom is 0.255 e. The maximum atomic E-state index is 11.9. The summed E-state index contributed by atoms with van der Waals surface area (Å²) >= 11 is 0. The summed E-state index contributed by atoms with van der Waals surface area (Å²) in [4.78, 5) is 19.4. The fourth-order valence-corrected chi connectivity index (χ4v) is 2.66. The lowest BCUT2D eigenvalue weighted by atomic mass is 9.97. The van der Waals surface area contributed by atoms with Crippen molar-refractivity contribution in [3.8, 4) is 0 Å². The SMILES string of the molecule is CNCc1cnc(C(C2CC2)C2CC2)[nH]c1=O. The van der Waals surface area contributed by atoms with Crippen molar-refractivity contribution in [2.24, 2.45) is 11.8 Å². The number of nitrogens with zero attached hydrogens (tertiary/aromatic N) is 1. The summed E-state index contributed by atoms with van der Waals surface area (Å²) in [6.07, 6.45) is 6.97. The van der Waals surface area contributed by atoms with Gasteiger partial charge in [-0.1, -0.05) is 0 Å². The minimum atomic E-state index is 0.0238. The first-order chi connectivity index (χ1) is 8.29. The van der Waals surface area contributed by atoms with Gasteiger partial charge < -0.3 is 10.3 Å². The summed E-state index contributed by atoms with van der Waals surface area (Å²) in [5, 5.41) is 2.98. The molecule has 2 saturated carbocycles. The third-order valence-corrected chi connectivity index (χ3v) is 3.84. The van der Waals surface area contributed by atoms with Crippen molar-refractivity contribution in [3.05, 3.63) is 27.9 Å². The van der Waals surface area contributed by atoms with Crippen molar-refractivity contribution in [2.75, 3.05) is 7.05 Å². The Morgan fingerprint density at radius 1 is 1.41 bits per heavy atom. The molecule has 2 aliphatic carbocycles. The highest BCUT2D eigenvalue weighted by Gasteiger charge is 2.43. The Hall–Kier alpha value is -1.16. The van der Waals surface area contributed by atoms with Crippen molar-refractivity contribution >= 4 is 0 Å². The van der Waals surface area contributed by atoms with Crippen LogP contribution in [0.15, 0.2) is 11.0 Å². The average Bonchev–Trinajstić information content (AvgIpc) is 3.15. The summed E-state index contributed by atoms with van der Waals surface area (Å²) in [7, 11) is 1.84. The third-order valence-electron chi connectivity index (χ3n) is 3.84. The van der Waals surface area contributed by atoms with Crippen molar-refractivity contribution in [3.63, 3.8) is 0 Å². The van der Waals surface area contributed by atoms with Crippen LogP contribution in [0.4, 0.5) is 0 Å². The van der Waals surface area contributed by atoms with Gasteiger partial charge in [0, 0.05) is 24.2 Å². The molecular formula is C13H19N3O. The van der Waals surface area contributed by atoms with Crippen LogP contribution < -0.4 is 10.9 Å². The Morgan fingerprint density at radius 2 is 2.06 bits per heavy atom. The Kier molecular flexibility index (Phi) is 2.74. The van der Waals surface area contributed by atoms with Gasteiger partial charge in [-0.05, 0) is 44.6 Å². The Labute approximate surface area is 101 Å². The number of nitrogens with one attached hydrogen (secondary N) is 2. The Bertz CT molecular complexity index is 448. The van der Waals surface area contributed by atoms with Gasteiger partial charge in [0.2, 0.25) is 0 Å². The lowest BCUT2D eigenvalue weighted by Gasteiger charge is -2.14. The maximum absolute atomic E-state index is 11.9. The van der Waals surface area contributed by atoms with Gasteiger partial charge in [-0.2, -0.15) is 0 Å². The van der Waals surface area contributed by atoms with Crippen LogP contribution in [0.25, 0.3) is 0 Å². The van der Waals surface area contributed by atoms with Gasteiger partial charge in [0.05, 0.1) is 0 Å². The molecule has 17 heavy (non-hydrogen) atoms. The van der Waals surface area contributed by atoms with E-state index in [1.807, 2.05) is 7.05 Å². The van der Waals surface area contributed by atoms with Gasteiger partial charge in [-0.3, -0.25) is 4.79 Å². The second kappa shape index (κ2) is 4.26. The van der Waals surface area contributed by atoms with Gasteiger partial charge >= 0.3 is 0 Å². The van der Waals surface area contributed by atoms with Gasteiger partial charge in [-0.25, -0.2) is 4.98 Å². The van der Waals surface area contributed by atoms with Crippen LogP contribution in [0.3, 0.4) is 0 Å². The van der Waals surface area contributed by atoms with E-state index in [4.69, 9.17) is 0 Å². The molecule has 1 aromatic heterocycles. The minimum absolute atomic E-state index is 0.0238. The molecule has 1 heterocycles. The molecule has 1 aromatic rings. The molecule has 4 nitrogen and oxygen atoms in total. The second-order valence-corrected chi connectivity index (χ2v) is 5.35. The highest BCUT2D eigenvalue weighted by atomic mass is 16.1. The highest BCUT2D eigenvalue weighted by Crippen LogP contribution is 2.53. The van der Waals surface area contributed by atoms with E-state index in [1.54, 1.807) is 6.20 Å². The van der Waals surface area contributed by atoms with E-state index in [1.165, 1.54) is 25.7 Å². The molecule has 0 bridgehead atoms. The molecule has 0 atom stereocenters. The molecule has 0 aliphatic heterocycles. The monoisotopic (exact) mass is 233 g/mol. The van der Waals surface area contributed by atoms with Gasteiger partial charge in [-0.15, -0.1) is 0 Å². The van der Waals surface area contributed by atoms with Crippen LogP contribution in [0, 0.1) is 11.8 Å². The fourth-order valence-electron chi connectivity index (χ4n) is 2.66. The fraction of sp³-hybridized carbons (Fsp3) is 0.692. The Balaban J connectivity index is 1.86. The quantitative estimate of drug-likeness (QED) is 0.808. The van der Waals surface area contributed by atoms with E-state index in [0.29, 0.717) is 12.5 Å². The van der Waals surface area contributed by atoms with Crippen molar-refractivity contribution in [2.45, 2.75) is 38.1 Å². The first-order valence-electron chi connectivity index (χ1n) is 6.52. The molecule has 0 unspecified atom stereocenters. The molecule has 3 rings (SSSR count). The van der Waals surface area contributed by atoms with Crippen molar-refractivity contribution in [1.82, 2.24) is 15.3 Å². The van der Waals surface area contributed by atoms with Crippen molar-refractivity contribution in [1.29, 1.82) is 0 Å². The minimum Gasteiger partial charge on any atom is -0.315 e. The van der Waals surface area contributed by atoms with E-state index in [-0.39, 0.29) is 5.56 Å². The lowest BCUT2D eigenvalue weighted by molar-refractivity contribution is 0.505. The summed E-state index contributed by atoms with van der Waals surface area (Å²) in [5.74, 6) is 3.01. The lowest BCUT2D eigenvalue weighted by Crippen LogP contribution is -2.22. The standard InChI is InChI=1S/C13H19N3O/c1-14-6-10-7-15-12(16-13(10)17)11(8-2-3-8)9-4-5-9/h7-9,11,14H,2-6H2,1H3,(H,15,16,17). The number of H-pyrrole nitrogens is 1.